The monoisotopic (exact) mass is 507 g/mol. The maximum atomic E-state index is 13.2. The molecule has 0 unspecified atom stereocenters. The molecule has 0 spiro atoms. The Kier molecular flexibility index (Phi) is 6.86. The molecule has 0 radical (unpaired) electrons. The van der Waals surface area contributed by atoms with Crippen molar-refractivity contribution in [3.05, 3.63) is 72.3 Å². The van der Waals surface area contributed by atoms with Gasteiger partial charge in [-0.1, -0.05) is 18.2 Å². The van der Waals surface area contributed by atoms with E-state index >= 15 is 0 Å². The van der Waals surface area contributed by atoms with Gasteiger partial charge in [0.25, 0.3) is 5.91 Å². The van der Waals surface area contributed by atoms with Crippen molar-refractivity contribution in [1.29, 1.82) is 0 Å². The van der Waals surface area contributed by atoms with Gasteiger partial charge in [-0.25, -0.2) is 27.5 Å². The molecule has 2 aromatic carbocycles. The fourth-order valence-electron chi connectivity index (χ4n) is 3.70. The minimum absolute atomic E-state index is 0.0529. The highest BCUT2D eigenvalue weighted by molar-refractivity contribution is 7.89. The van der Waals surface area contributed by atoms with Crippen LogP contribution in [0, 0.1) is 0 Å². The summed E-state index contributed by atoms with van der Waals surface area (Å²) in [6.07, 6.45) is 1.61. The fourth-order valence-corrected chi connectivity index (χ4v) is 4.60. The molecule has 0 saturated heterocycles. The molecule has 1 amide bonds. The maximum Gasteiger partial charge on any atom is 0.344 e. The zero-order chi connectivity index (χ0) is 26.0. The minimum atomic E-state index is -3.64. The van der Waals surface area contributed by atoms with Gasteiger partial charge in [0.1, 0.15) is 16.9 Å². The van der Waals surface area contributed by atoms with Crippen LogP contribution >= 0.6 is 0 Å². The molecule has 0 fully saturated rings. The number of benzene rings is 2. The van der Waals surface area contributed by atoms with Gasteiger partial charge in [-0.3, -0.25) is 4.79 Å². The average Bonchev–Trinajstić information content (AvgIpc) is 3.14. The van der Waals surface area contributed by atoms with Crippen LogP contribution in [0.25, 0.3) is 22.2 Å². The Morgan fingerprint density at radius 2 is 1.72 bits per heavy atom. The SMILES string of the molecule is C=CCn1c(NC(=O)c2ccc(S(=O)(=O)N(C)C)cc2)c(C(=O)OCC)c2nc3ccccc3nc21. The summed E-state index contributed by atoms with van der Waals surface area (Å²) in [5, 5.41) is 2.78. The summed E-state index contributed by atoms with van der Waals surface area (Å²) >= 11 is 0. The number of sulfonamides is 1. The number of anilines is 1. The normalized spacial score (nSPS) is 11.7. The highest BCUT2D eigenvalue weighted by Gasteiger charge is 2.28. The largest absolute Gasteiger partial charge is 0.462 e. The first-order chi connectivity index (χ1) is 17.2. The van der Waals surface area contributed by atoms with E-state index in [-0.39, 0.29) is 40.5 Å². The summed E-state index contributed by atoms with van der Waals surface area (Å²) in [5.41, 5.74) is 2.16. The van der Waals surface area contributed by atoms with Crippen molar-refractivity contribution in [3.8, 4) is 0 Å². The number of aromatic nitrogens is 3. The number of ether oxygens (including phenoxy) is 1. The van der Waals surface area contributed by atoms with Crippen LogP contribution in [0.4, 0.5) is 5.82 Å². The Morgan fingerprint density at radius 3 is 2.31 bits per heavy atom. The van der Waals surface area contributed by atoms with Gasteiger partial charge in [0.15, 0.2) is 5.65 Å². The predicted octanol–water partition coefficient (Wildman–Crippen LogP) is 3.45. The third-order valence-corrected chi connectivity index (χ3v) is 7.30. The van der Waals surface area contributed by atoms with E-state index in [9.17, 15) is 18.0 Å². The van der Waals surface area contributed by atoms with E-state index in [4.69, 9.17) is 4.74 Å². The molecule has 0 saturated carbocycles. The molecular formula is C25H25N5O5S. The summed E-state index contributed by atoms with van der Waals surface area (Å²) in [5.74, 6) is -1.04. The second-order valence-corrected chi connectivity index (χ2v) is 10.1. The smallest absolute Gasteiger partial charge is 0.344 e. The number of esters is 1. The van der Waals surface area contributed by atoms with Crippen LogP contribution < -0.4 is 5.32 Å². The quantitative estimate of drug-likeness (QED) is 0.286. The van der Waals surface area contributed by atoms with Gasteiger partial charge in [-0.05, 0) is 43.3 Å². The lowest BCUT2D eigenvalue weighted by molar-refractivity contribution is 0.0529. The lowest BCUT2D eigenvalue weighted by atomic mass is 10.2. The molecule has 0 aliphatic carbocycles. The van der Waals surface area contributed by atoms with Crippen LogP contribution in [-0.2, 0) is 21.3 Å². The van der Waals surface area contributed by atoms with Crippen molar-refractivity contribution in [3.63, 3.8) is 0 Å². The second kappa shape index (κ2) is 9.88. The van der Waals surface area contributed by atoms with E-state index in [0.717, 1.165) is 4.31 Å². The molecule has 0 aliphatic rings. The molecule has 10 nitrogen and oxygen atoms in total. The molecule has 1 N–H and O–H groups in total. The first-order valence-corrected chi connectivity index (χ1v) is 12.5. The van der Waals surface area contributed by atoms with E-state index in [2.05, 4.69) is 21.9 Å². The number of para-hydroxylation sites is 2. The Morgan fingerprint density at radius 1 is 1.08 bits per heavy atom. The molecule has 0 atom stereocenters. The van der Waals surface area contributed by atoms with Gasteiger partial charge in [0.05, 0.1) is 22.5 Å². The van der Waals surface area contributed by atoms with E-state index in [0.29, 0.717) is 16.7 Å². The van der Waals surface area contributed by atoms with Crippen molar-refractivity contribution < 1.29 is 22.7 Å². The van der Waals surface area contributed by atoms with E-state index < -0.39 is 21.9 Å². The van der Waals surface area contributed by atoms with Crippen molar-refractivity contribution in [1.82, 2.24) is 18.8 Å². The molecule has 2 aromatic heterocycles. The van der Waals surface area contributed by atoms with Gasteiger partial charge in [-0.2, -0.15) is 0 Å². The number of amides is 1. The van der Waals surface area contributed by atoms with E-state index in [1.54, 1.807) is 29.7 Å². The number of carbonyl (C=O) groups is 2. The minimum Gasteiger partial charge on any atom is -0.462 e. The van der Waals surface area contributed by atoms with Crippen LogP contribution in [0.15, 0.2) is 66.1 Å². The first kappa shape index (κ1) is 25.0. The van der Waals surface area contributed by atoms with Gasteiger partial charge < -0.3 is 14.6 Å². The van der Waals surface area contributed by atoms with Crippen LogP contribution in [0.1, 0.15) is 27.6 Å². The van der Waals surface area contributed by atoms with Gasteiger partial charge in [0, 0.05) is 26.2 Å². The van der Waals surface area contributed by atoms with Crippen molar-refractivity contribution in [2.75, 3.05) is 26.0 Å². The van der Waals surface area contributed by atoms with Gasteiger partial charge in [0.2, 0.25) is 10.0 Å². The highest BCUT2D eigenvalue weighted by atomic mass is 32.2. The third kappa shape index (κ3) is 4.45. The Hall–Kier alpha value is -4.09. The second-order valence-electron chi connectivity index (χ2n) is 7.99. The van der Waals surface area contributed by atoms with Crippen molar-refractivity contribution in [2.45, 2.75) is 18.4 Å². The van der Waals surface area contributed by atoms with Crippen LogP contribution in [0.5, 0.6) is 0 Å². The van der Waals surface area contributed by atoms with Crippen molar-refractivity contribution in [2.24, 2.45) is 0 Å². The lowest BCUT2D eigenvalue weighted by Gasteiger charge is -2.13. The van der Waals surface area contributed by atoms with Crippen LogP contribution in [0.3, 0.4) is 0 Å². The summed E-state index contributed by atoms with van der Waals surface area (Å²) in [6.45, 7) is 5.83. The average molecular weight is 508 g/mol. The number of hydrogen-bond acceptors (Lipinski definition) is 7. The summed E-state index contributed by atoms with van der Waals surface area (Å²) in [7, 11) is -0.790. The summed E-state index contributed by atoms with van der Waals surface area (Å²) in [6, 6.07) is 12.7. The number of nitrogens with zero attached hydrogens (tertiary/aromatic N) is 4. The molecule has 2 heterocycles. The Balaban J connectivity index is 1.84. The molecule has 11 heteroatoms. The molecule has 4 rings (SSSR count). The summed E-state index contributed by atoms with van der Waals surface area (Å²) < 4.78 is 32.7. The zero-order valence-electron chi connectivity index (χ0n) is 20.1. The molecule has 0 aliphatic heterocycles. The number of hydrogen-bond donors (Lipinski definition) is 1. The van der Waals surface area contributed by atoms with Gasteiger partial charge in [-0.15, -0.1) is 6.58 Å². The zero-order valence-corrected chi connectivity index (χ0v) is 20.9. The highest BCUT2D eigenvalue weighted by Crippen LogP contribution is 2.31. The number of fused-ring (bicyclic) bond motifs is 2. The molecule has 186 valence electrons. The fraction of sp³-hybridized carbons (Fsp3) is 0.200. The topological polar surface area (TPSA) is 123 Å². The molecule has 4 aromatic rings. The first-order valence-electron chi connectivity index (χ1n) is 11.1. The standard InChI is InChI=1S/C25H25N5O5S/c1-5-15-30-22(28-24(31)16-11-13-17(14-12-16)36(33,34)29(3)4)20(25(32)35-6-2)21-23(30)27-19-10-8-7-9-18(19)26-21/h5,7-14H,1,6,15H2,2-4H3,(H,28,31). The number of carbonyl (C=O) groups excluding carboxylic acids is 2. The van der Waals surface area contributed by atoms with E-state index in [1.807, 2.05) is 12.1 Å². The number of allylic oxidation sites excluding steroid dienone is 1. The third-order valence-electron chi connectivity index (χ3n) is 5.47. The van der Waals surface area contributed by atoms with Crippen LogP contribution in [0.2, 0.25) is 0 Å². The molecular weight excluding hydrogens is 482 g/mol. The lowest BCUT2D eigenvalue weighted by Crippen LogP contribution is -2.22. The van der Waals surface area contributed by atoms with Crippen LogP contribution in [-0.4, -0.2) is 59.8 Å². The molecule has 36 heavy (non-hydrogen) atoms. The predicted molar refractivity (Wildman–Crippen MR) is 136 cm³/mol. The van der Waals surface area contributed by atoms with Gasteiger partial charge >= 0.3 is 5.97 Å². The van der Waals surface area contributed by atoms with E-state index in [1.165, 1.54) is 38.4 Å². The maximum absolute atomic E-state index is 13.2. The Bertz CT molecular complexity index is 1590. The number of rotatable bonds is 8. The molecule has 0 bridgehead atoms. The number of nitrogens with one attached hydrogen (secondary N) is 1. The Labute approximate surface area is 208 Å². The van der Waals surface area contributed by atoms with Crippen molar-refractivity contribution >= 4 is 49.9 Å². The summed E-state index contributed by atoms with van der Waals surface area (Å²) in [4.78, 5) is 35.6.